The second-order valence-electron chi connectivity index (χ2n) is 4.08. The van der Waals surface area contributed by atoms with Gasteiger partial charge in [0.15, 0.2) is 0 Å². The van der Waals surface area contributed by atoms with Gasteiger partial charge in [-0.05, 0) is 36.6 Å². The highest BCUT2D eigenvalue weighted by molar-refractivity contribution is 5.36. The molecule has 0 amide bonds. The average Bonchev–Trinajstić information content (AvgIpc) is 2.45. The van der Waals surface area contributed by atoms with Crippen LogP contribution in [0.2, 0.25) is 0 Å². The molecule has 90 valence electrons. The Morgan fingerprint density at radius 3 is 2.61 bits per heavy atom. The van der Waals surface area contributed by atoms with Crippen LogP contribution in [0.4, 0.5) is 0 Å². The second-order valence-corrected chi connectivity index (χ2v) is 4.08. The molecule has 0 saturated carbocycles. The number of nitrogens with zero attached hydrogens (tertiary/aromatic N) is 1. The summed E-state index contributed by atoms with van der Waals surface area (Å²) < 4.78 is 5.62. The first-order valence-electron chi connectivity index (χ1n) is 6.05. The van der Waals surface area contributed by atoms with Crippen molar-refractivity contribution >= 4 is 0 Å². The van der Waals surface area contributed by atoms with Crippen molar-refractivity contribution < 1.29 is 4.74 Å². The molecule has 0 aliphatic rings. The Bertz CT molecular complexity index is 528. The summed E-state index contributed by atoms with van der Waals surface area (Å²) in [4.78, 5) is 0. The van der Waals surface area contributed by atoms with Gasteiger partial charge in [0.25, 0.3) is 0 Å². The average molecular weight is 237 g/mol. The summed E-state index contributed by atoms with van der Waals surface area (Å²) in [7, 11) is 0. The van der Waals surface area contributed by atoms with Crippen LogP contribution in [0, 0.1) is 11.3 Å². The fourth-order valence-corrected chi connectivity index (χ4v) is 1.77. The fourth-order valence-electron chi connectivity index (χ4n) is 1.77. The molecule has 2 heteroatoms. The highest BCUT2D eigenvalue weighted by atomic mass is 16.5. The SMILES string of the molecule is N#Cc1cccc(OCCCc2ccccc2)c1. The lowest BCUT2D eigenvalue weighted by Crippen LogP contribution is -1.99. The van der Waals surface area contributed by atoms with Crippen LogP contribution in [-0.2, 0) is 6.42 Å². The largest absolute Gasteiger partial charge is 0.494 e. The van der Waals surface area contributed by atoms with Gasteiger partial charge in [0.05, 0.1) is 18.2 Å². The van der Waals surface area contributed by atoms with Crippen LogP contribution in [0.5, 0.6) is 5.75 Å². The van der Waals surface area contributed by atoms with Gasteiger partial charge in [-0.2, -0.15) is 5.26 Å². The Kier molecular flexibility index (Phi) is 4.38. The van der Waals surface area contributed by atoms with Gasteiger partial charge in [0.1, 0.15) is 5.75 Å². The molecule has 2 nitrogen and oxygen atoms in total. The van der Waals surface area contributed by atoms with Gasteiger partial charge in [-0.25, -0.2) is 0 Å². The summed E-state index contributed by atoms with van der Waals surface area (Å²) in [6.07, 6.45) is 1.99. The summed E-state index contributed by atoms with van der Waals surface area (Å²) in [6, 6.07) is 19.7. The number of rotatable bonds is 5. The van der Waals surface area contributed by atoms with Crippen LogP contribution in [0.1, 0.15) is 17.5 Å². The second kappa shape index (κ2) is 6.46. The first kappa shape index (κ1) is 12.2. The van der Waals surface area contributed by atoms with Gasteiger partial charge in [-0.3, -0.25) is 0 Å². The van der Waals surface area contributed by atoms with E-state index in [2.05, 4.69) is 18.2 Å². The lowest BCUT2D eigenvalue weighted by atomic mass is 10.1. The molecule has 0 radical (unpaired) electrons. The highest BCUT2D eigenvalue weighted by Crippen LogP contribution is 2.13. The number of aryl methyl sites for hydroxylation is 1. The van der Waals surface area contributed by atoms with Crippen molar-refractivity contribution in [2.24, 2.45) is 0 Å². The van der Waals surface area contributed by atoms with Crippen molar-refractivity contribution in [1.82, 2.24) is 0 Å². The fraction of sp³-hybridized carbons (Fsp3) is 0.188. The minimum atomic E-state index is 0.635. The van der Waals surface area contributed by atoms with Crippen molar-refractivity contribution in [3.8, 4) is 11.8 Å². The standard InChI is InChI=1S/C16H15NO/c17-13-15-8-4-10-16(12-15)18-11-5-9-14-6-2-1-3-7-14/h1-4,6-8,10,12H,5,9,11H2. The van der Waals surface area contributed by atoms with Gasteiger partial charge in [-0.1, -0.05) is 36.4 Å². The molecule has 0 unspecified atom stereocenters. The van der Waals surface area contributed by atoms with Crippen molar-refractivity contribution in [3.05, 3.63) is 65.7 Å². The Morgan fingerprint density at radius 2 is 1.83 bits per heavy atom. The molecular formula is C16H15NO. The van der Waals surface area contributed by atoms with E-state index in [4.69, 9.17) is 10.00 Å². The van der Waals surface area contributed by atoms with Crippen LogP contribution >= 0.6 is 0 Å². The summed E-state index contributed by atoms with van der Waals surface area (Å²) in [5, 5.41) is 8.78. The third kappa shape index (κ3) is 3.64. The molecule has 0 aliphatic carbocycles. The first-order chi connectivity index (χ1) is 8.88. The third-order valence-corrected chi connectivity index (χ3v) is 2.68. The van der Waals surface area contributed by atoms with Crippen LogP contribution in [0.25, 0.3) is 0 Å². The van der Waals surface area contributed by atoms with E-state index >= 15 is 0 Å². The zero-order valence-corrected chi connectivity index (χ0v) is 10.2. The summed E-state index contributed by atoms with van der Waals surface area (Å²) in [5.41, 5.74) is 1.96. The Hall–Kier alpha value is -2.27. The molecule has 0 N–H and O–H groups in total. The van der Waals surface area contributed by atoms with Crippen molar-refractivity contribution in [3.63, 3.8) is 0 Å². The van der Waals surface area contributed by atoms with E-state index in [1.807, 2.05) is 30.3 Å². The minimum absolute atomic E-state index is 0.635. The van der Waals surface area contributed by atoms with E-state index in [0.717, 1.165) is 18.6 Å². The summed E-state index contributed by atoms with van der Waals surface area (Å²) in [6.45, 7) is 0.670. The number of benzene rings is 2. The van der Waals surface area contributed by atoms with E-state index in [1.54, 1.807) is 12.1 Å². The third-order valence-electron chi connectivity index (χ3n) is 2.68. The van der Waals surface area contributed by atoms with Crippen LogP contribution in [-0.4, -0.2) is 6.61 Å². The molecule has 0 saturated heterocycles. The maximum absolute atomic E-state index is 8.78. The maximum atomic E-state index is 8.78. The zero-order chi connectivity index (χ0) is 12.6. The lowest BCUT2D eigenvalue weighted by molar-refractivity contribution is 0.311. The quantitative estimate of drug-likeness (QED) is 0.745. The molecule has 2 rings (SSSR count). The van der Waals surface area contributed by atoms with Gasteiger partial charge in [0.2, 0.25) is 0 Å². The Morgan fingerprint density at radius 1 is 1.00 bits per heavy atom. The Labute approximate surface area is 107 Å². The molecule has 0 fully saturated rings. The highest BCUT2D eigenvalue weighted by Gasteiger charge is 1.96. The van der Waals surface area contributed by atoms with Crippen LogP contribution in [0.15, 0.2) is 54.6 Å². The molecular weight excluding hydrogens is 222 g/mol. The molecule has 0 spiro atoms. The number of hydrogen-bond donors (Lipinski definition) is 0. The summed E-state index contributed by atoms with van der Waals surface area (Å²) >= 11 is 0. The number of nitriles is 1. The minimum Gasteiger partial charge on any atom is -0.494 e. The van der Waals surface area contributed by atoms with E-state index in [-0.39, 0.29) is 0 Å². The predicted octanol–water partition coefficient (Wildman–Crippen LogP) is 3.57. The first-order valence-corrected chi connectivity index (χ1v) is 6.05. The van der Waals surface area contributed by atoms with E-state index < -0.39 is 0 Å². The molecule has 0 aromatic heterocycles. The van der Waals surface area contributed by atoms with E-state index in [9.17, 15) is 0 Å². The number of ether oxygens (including phenoxy) is 1. The lowest BCUT2D eigenvalue weighted by Gasteiger charge is -2.06. The van der Waals surface area contributed by atoms with E-state index in [1.165, 1.54) is 5.56 Å². The topological polar surface area (TPSA) is 33.0 Å². The monoisotopic (exact) mass is 237 g/mol. The normalized spacial score (nSPS) is 9.72. The zero-order valence-electron chi connectivity index (χ0n) is 10.2. The van der Waals surface area contributed by atoms with Gasteiger partial charge in [-0.15, -0.1) is 0 Å². The predicted molar refractivity (Wildman–Crippen MR) is 71.4 cm³/mol. The molecule has 0 aliphatic heterocycles. The van der Waals surface area contributed by atoms with Gasteiger partial charge < -0.3 is 4.74 Å². The van der Waals surface area contributed by atoms with E-state index in [0.29, 0.717) is 12.2 Å². The molecule has 0 atom stereocenters. The van der Waals surface area contributed by atoms with Crippen LogP contribution in [0.3, 0.4) is 0 Å². The summed E-state index contributed by atoms with van der Waals surface area (Å²) in [5.74, 6) is 0.766. The van der Waals surface area contributed by atoms with Crippen molar-refractivity contribution in [2.75, 3.05) is 6.61 Å². The number of hydrogen-bond acceptors (Lipinski definition) is 2. The molecule has 0 heterocycles. The van der Waals surface area contributed by atoms with Gasteiger partial charge >= 0.3 is 0 Å². The Balaban J connectivity index is 1.77. The van der Waals surface area contributed by atoms with Crippen molar-refractivity contribution in [2.45, 2.75) is 12.8 Å². The molecule has 2 aromatic rings. The van der Waals surface area contributed by atoms with Crippen LogP contribution < -0.4 is 4.74 Å². The maximum Gasteiger partial charge on any atom is 0.120 e. The van der Waals surface area contributed by atoms with Crippen molar-refractivity contribution in [1.29, 1.82) is 5.26 Å². The smallest absolute Gasteiger partial charge is 0.120 e. The molecule has 18 heavy (non-hydrogen) atoms. The molecule has 2 aromatic carbocycles. The van der Waals surface area contributed by atoms with Gasteiger partial charge in [0, 0.05) is 0 Å². The molecule has 0 bridgehead atoms.